The van der Waals surface area contributed by atoms with E-state index in [-0.39, 0.29) is 19.6 Å². The van der Waals surface area contributed by atoms with Crippen molar-refractivity contribution in [1.82, 2.24) is 0 Å². The zero-order valence-corrected chi connectivity index (χ0v) is 38.6. The van der Waals surface area contributed by atoms with Crippen LogP contribution in [0.3, 0.4) is 0 Å². The zero-order chi connectivity index (χ0) is 43.9. The molecule has 0 aromatic rings. The predicted octanol–water partition coefficient (Wildman–Crippen LogP) is 10.4. The lowest BCUT2D eigenvalue weighted by Crippen LogP contribution is -2.60. The van der Waals surface area contributed by atoms with Gasteiger partial charge in [0, 0.05) is 13.0 Å². The van der Waals surface area contributed by atoms with Gasteiger partial charge in [-0.05, 0) is 44.9 Å². The molecule has 1 aliphatic rings. The Morgan fingerprint density at radius 1 is 0.633 bits per heavy atom. The highest BCUT2D eigenvalue weighted by molar-refractivity contribution is 7.80. The summed E-state index contributed by atoms with van der Waals surface area (Å²) in [5.74, 6) is -0.400. The number of unbranched alkanes of at least 4 members (excludes halogenated alkanes) is 25. The Morgan fingerprint density at radius 3 is 1.58 bits per heavy atom. The van der Waals surface area contributed by atoms with Crippen LogP contribution in [0.15, 0.2) is 24.3 Å². The number of aliphatic hydroxyl groups excluding tert-OH is 3. The summed E-state index contributed by atoms with van der Waals surface area (Å²) in [7, 11) is -5.06. The molecule has 13 heteroatoms. The van der Waals surface area contributed by atoms with Crippen molar-refractivity contribution in [2.45, 2.75) is 243 Å². The lowest BCUT2D eigenvalue weighted by Gasteiger charge is -2.41. The first-order valence-corrected chi connectivity index (χ1v) is 25.5. The van der Waals surface area contributed by atoms with Gasteiger partial charge in [0.05, 0.1) is 19.8 Å². The Kier molecular flexibility index (Phi) is 37.0. The van der Waals surface area contributed by atoms with Crippen LogP contribution in [0.1, 0.15) is 206 Å². The molecule has 12 nitrogen and oxygen atoms in total. The van der Waals surface area contributed by atoms with E-state index in [1.54, 1.807) is 0 Å². The van der Waals surface area contributed by atoms with Gasteiger partial charge in [-0.2, -0.15) is 8.42 Å². The second-order valence-corrected chi connectivity index (χ2v) is 17.8. The zero-order valence-electron chi connectivity index (χ0n) is 37.8. The molecule has 1 saturated heterocycles. The van der Waals surface area contributed by atoms with E-state index >= 15 is 0 Å². The fourth-order valence-corrected chi connectivity index (χ4v) is 7.92. The van der Waals surface area contributed by atoms with Crippen LogP contribution in [0, 0.1) is 0 Å². The van der Waals surface area contributed by atoms with Crippen LogP contribution in [0.4, 0.5) is 0 Å². The van der Waals surface area contributed by atoms with Gasteiger partial charge in [0.25, 0.3) is 0 Å². The smallest absolute Gasteiger partial charge is 0.397 e. The van der Waals surface area contributed by atoms with E-state index in [0.717, 1.165) is 44.9 Å². The molecule has 6 atom stereocenters. The van der Waals surface area contributed by atoms with Crippen molar-refractivity contribution in [1.29, 1.82) is 0 Å². The third-order valence-electron chi connectivity index (χ3n) is 11.1. The van der Waals surface area contributed by atoms with E-state index in [1.165, 1.54) is 135 Å². The molecule has 1 aliphatic heterocycles. The Bertz CT molecular complexity index is 1150. The third kappa shape index (κ3) is 32.3. The van der Waals surface area contributed by atoms with Crippen LogP contribution in [-0.2, 0) is 38.3 Å². The van der Waals surface area contributed by atoms with Gasteiger partial charge >= 0.3 is 16.4 Å². The largest absolute Gasteiger partial charge is 0.457 e. The highest BCUT2D eigenvalue weighted by atomic mass is 32.3. The minimum atomic E-state index is -5.06. The molecule has 6 unspecified atom stereocenters. The molecule has 0 aliphatic carbocycles. The van der Waals surface area contributed by atoms with E-state index in [1.807, 2.05) is 0 Å². The number of allylic oxidation sites excluding steroid dienone is 4. The first-order valence-electron chi connectivity index (χ1n) is 24.1. The van der Waals surface area contributed by atoms with Gasteiger partial charge in [-0.25, -0.2) is 4.18 Å². The van der Waals surface area contributed by atoms with Crippen LogP contribution < -0.4 is 0 Å². The van der Waals surface area contributed by atoms with E-state index in [2.05, 4.69) is 42.3 Å². The molecule has 0 spiro atoms. The lowest BCUT2D eigenvalue weighted by molar-refractivity contribution is -0.301. The molecule has 0 amide bonds. The van der Waals surface area contributed by atoms with Crippen molar-refractivity contribution in [3.63, 3.8) is 0 Å². The molecular weight excluding hydrogens is 789 g/mol. The van der Waals surface area contributed by atoms with Crippen molar-refractivity contribution in [2.75, 3.05) is 26.4 Å². The molecule has 0 radical (unpaired) electrons. The summed E-state index contributed by atoms with van der Waals surface area (Å²) in [6.07, 6.45) is 35.0. The first kappa shape index (κ1) is 56.6. The summed E-state index contributed by atoms with van der Waals surface area (Å²) < 4.78 is 59.0. The van der Waals surface area contributed by atoms with E-state index in [9.17, 15) is 28.5 Å². The average Bonchev–Trinajstić information content (AvgIpc) is 3.22. The third-order valence-corrected chi connectivity index (χ3v) is 11.5. The number of hydrogen-bond acceptors (Lipinski definition) is 11. The minimum Gasteiger partial charge on any atom is -0.457 e. The molecule has 1 heterocycles. The average molecular weight is 877 g/mol. The number of ether oxygens (including phenoxy) is 4. The van der Waals surface area contributed by atoms with Crippen LogP contribution in [0.25, 0.3) is 0 Å². The molecule has 0 bridgehead atoms. The second-order valence-electron chi connectivity index (χ2n) is 16.7. The highest BCUT2D eigenvalue weighted by Gasteiger charge is 2.48. The molecule has 0 saturated carbocycles. The summed E-state index contributed by atoms with van der Waals surface area (Å²) in [6.45, 7) is 3.98. The lowest BCUT2D eigenvalue weighted by atomic mass is 9.99. The Morgan fingerprint density at radius 2 is 1.10 bits per heavy atom. The molecule has 354 valence electrons. The molecule has 1 fully saturated rings. The molecule has 4 N–H and O–H groups in total. The van der Waals surface area contributed by atoms with Gasteiger partial charge in [-0.1, -0.05) is 179 Å². The number of aliphatic hydroxyl groups is 3. The fraction of sp³-hybridized carbons (Fsp3) is 0.894. The summed E-state index contributed by atoms with van der Waals surface area (Å²) in [5.41, 5.74) is 0. The van der Waals surface area contributed by atoms with E-state index in [4.69, 9.17) is 23.5 Å². The molecule has 0 aromatic carbocycles. The van der Waals surface area contributed by atoms with Gasteiger partial charge in [-0.3, -0.25) is 9.35 Å². The minimum absolute atomic E-state index is 0.0389. The van der Waals surface area contributed by atoms with E-state index < -0.39 is 59.8 Å². The quantitative estimate of drug-likeness (QED) is 0.0198. The fourth-order valence-electron chi connectivity index (χ4n) is 7.41. The van der Waals surface area contributed by atoms with Gasteiger partial charge in [-0.15, -0.1) is 0 Å². The molecule has 1 rings (SSSR count). The van der Waals surface area contributed by atoms with Crippen molar-refractivity contribution in [2.24, 2.45) is 0 Å². The van der Waals surface area contributed by atoms with Crippen LogP contribution in [0.2, 0.25) is 0 Å². The SMILES string of the molecule is CCCCCCC/C=C\C/C=C\CCCCCCCCCCCCCC(=O)OC(COCCCCCCCCCCCC)COC1OC(CO)C(O)C(OS(=O)(=O)O)C1O. The molecule has 60 heavy (non-hydrogen) atoms. The Labute approximate surface area is 365 Å². The standard InChI is InChI=1S/C47H88O12S/c1-3-5-7-9-11-13-15-16-17-18-19-20-21-22-23-24-25-26-27-28-30-32-34-36-43(49)57-41(39-55-37-35-33-31-29-14-12-10-8-6-4-2)40-56-47-45(51)46(59-60(52,53)54)44(50)42(38-48)58-47/h15-16,18-19,41-42,44-48,50-51H,3-14,17,20-40H2,1-2H3,(H,52,53,54)/b16-15-,19-18-. The van der Waals surface area contributed by atoms with Gasteiger partial charge in [0.2, 0.25) is 0 Å². The Balaban J connectivity index is 2.32. The van der Waals surface area contributed by atoms with Crippen molar-refractivity contribution < 1.29 is 56.2 Å². The number of hydrogen-bond donors (Lipinski definition) is 4. The summed E-state index contributed by atoms with van der Waals surface area (Å²) in [6, 6.07) is 0. The van der Waals surface area contributed by atoms with E-state index in [0.29, 0.717) is 13.0 Å². The van der Waals surface area contributed by atoms with Crippen molar-refractivity contribution in [3.8, 4) is 0 Å². The van der Waals surface area contributed by atoms with Gasteiger partial charge in [0.1, 0.15) is 30.5 Å². The van der Waals surface area contributed by atoms with Crippen molar-refractivity contribution >= 4 is 16.4 Å². The maximum atomic E-state index is 12.9. The highest BCUT2D eigenvalue weighted by Crippen LogP contribution is 2.26. The molecule has 0 aromatic heterocycles. The Hall–Kier alpha value is -1.42. The summed E-state index contributed by atoms with van der Waals surface area (Å²) in [5, 5.41) is 30.6. The predicted molar refractivity (Wildman–Crippen MR) is 239 cm³/mol. The number of esters is 1. The molecular formula is C47H88O12S. The van der Waals surface area contributed by atoms with Crippen LogP contribution in [-0.4, -0.2) is 97.5 Å². The van der Waals surface area contributed by atoms with Gasteiger partial charge in [0.15, 0.2) is 6.29 Å². The topological polar surface area (TPSA) is 178 Å². The monoisotopic (exact) mass is 877 g/mol. The van der Waals surface area contributed by atoms with Gasteiger partial charge < -0.3 is 34.3 Å². The number of carbonyl (C=O) groups excluding carboxylic acids is 1. The number of rotatable bonds is 42. The first-order chi connectivity index (χ1) is 29.1. The normalized spacial score (nSPS) is 20.4. The number of carbonyl (C=O) groups is 1. The summed E-state index contributed by atoms with van der Waals surface area (Å²) >= 11 is 0. The maximum absolute atomic E-state index is 12.9. The van der Waals surface area contributed by atoms with Crippen LogP contribution >= 0.6 is 0 Å². The van der Waals surface area contributed by atoms with Crippen molar-refractivity contribution in [3.05, 3.63) is 24.3 Å². The van der Waals surface area contributed by atoms with Crippen LogP contribution in [0.5, 0.6) is 0 Å². The second kappa shape index (κ2) is 39.2. The maximum Gasteiger partial charge on any atom is 0.397 e. The summed E-state index contributed by atoms with van der Waals surface area (Å²) in [4.78, 5) is 12.9.